The van der Waals surface area contributed by atoms with Gasteiger partial charge in [0.2, 0.25) is 17.6 Å². The molecule has 0 spiro atoms. The van der Waals surface area contributed by atoms with Gasteiger partial charge in [0.15, 0.2) is 0 Å². The highest BCUT2D eigenvalue weighted by Crippen LogP contribution is 2.30. The molecule has 0 bridgehead atoms. The van der Waals surface area contributed by atoms with Crippen LogP contribution in [0.4, 0.5) is 0 Å². The van der Waals surface area contributed by atoms with Gasteiger partial charge < -0.3 is 14.5 Å². The number of aliphatic hydroxyl groups excluding tert-OH is 1. The SMILES string of the molecule is Cc1ccc(-c2noc(CCC(=O)N3CCC([C@H](O)c4ccccc4)CC3)n2)cc1. The van der Waals surface area contributed by atoms with Crippen LogP contribution in [0.25, 0.3) is 11.4 Å². The minimum atomic E-state index is -0.470. The fraction of sp³-hybridized carbons (Fsp3) is 0.375. The van der Waals surface area contributed by atoms with E-state index in [4.69, 9.17) is 4.52 Å². The normalized spacial score (nSPS) is 15.9. The Morgan fingerprint density at radius 1 is 1.13 bits per heavy atom. The molecule has 1 aromatic heterocycles. The maximum absolute atomic E-state index is 12.6. The highest BCUT2D eigenvalue weighted by Gasteiger charge is 2.28. The van der Waals surface area contributed by atoms with Gasteiger partial charge in [0, 0.05) is 31.5 Å². The number of aromatic nitrogens is 2. The second-order valence-electron chi connectivity index (χ2n) is 7.95. The number of benzene rings is 2. The summed E-state index contributed by atoms with van der Waals surface area (Å²) >= 11 is 0. The topological polar surface area (TPSA) is 79.5 Å². The smallest absolute Gasteiger partial charge is 0.227 e. The van der Waals surface area contributed by atoms with Crippen molar-refractivity contribution in [2.75, 3.05) is 13.1 Å². The van der Waals surface area contributed by atoms with Gasteiger partial charge in [-0.3, -0.25) is 4.79 Å². The number of carbonyl (C=O) groups excluding carboxylic acids is 1. The molecule has 156 valence electrons. The summed E-state index contributed by atoms with van der Waals surface area (Å²) in [6, 6.07) is 17.7. The lowest BCUT2D eigenvalue weighted by Crippen LogP contribution is -2.39. The van der Waals surface area contributed by atoms with Crippen LogP contribution in [0.15, 0.2) is 59.1 Å². The first-order valence-electron chi connectivity index (χ1n) is 10.5. The predicted octanol–water partition coefficient (Wildman–Crippen LogP) is 3.95. The monoisotopic (exact) mass is 405 g/mol. The molecule has 0 aliphatic carbocycles. The molecule has 30 heavy (non-hydrogen) atoms. The van der Waals surface area contributed by atoms with Crippen molar-refractivity contribution < 1.29 is 14.4 Å². The molecule has 1 N–H and O–H groups in total. The van der Waals surface area contributed by atoms with Crippen LogP contribution in [0.1, 0.15) is 42.4 Å². The first-order valence-corrected chi connectivity index (χ1v) is 10.5. The van der Waals surface area contributed by atoms with Gasteiger partial charge in [-0.1, -0.05) is 65.3 Å². The average Bonchev–Trinajstić information content (AvgIpc) is 3.27. The Bertz CT molecular complexity index is 961. The number of hydrogen-bond acceptors (Lipinski definition) is 5. The largest absolute Gasteiger partial charge is 0.388 e. The first-order chi connectivity index (χ1) is 14.6. The van der Waals surface area contributed by atoms with Crippen LogP contribution < -0.4 is 0 Å². The molecule has 6 heteroatoms. The van der Waals surface area contributed by atoms with Crippen LogP contribution in [0.2, 0.25) is 0 Å². The molecule has 3 aromatic rings. The predicted molar refractivity (Wildman–Crippen MR) is 113 cm³/mol. The molecule has 0 radical (unpaired) electrons. The number of piperidine rings is 1. The standard InChI is InChI=1S/C24H27N3O3/c1-17-7-9-20(10-8-17)24-25-21(30-26-24)11-12-22(28)27-15-13-19(14-16-27)23(29)18-5-3-2-4-6-18/h2-10,19,23,29H,11-16H2,1H3/t23-/m1/s1. The molecule has 0 saturated carbocycles. The highest BCUT2D eigenvalue weighted by atomic mass is 16.5. The Balaban J connectivity index is 1.26. The summed E-state index contributed by atoms with van der Waals surface area (Å²) in [6.07, 6.45) is 1.92. The molecule has 2 heterocycles. The van der Waals surface area contributed by atoms with Crippen LogP contribution in [0, 0.1) is 12.8 Å². The Morgan fingerprint density at radius 2 is 1.83 bits per heavy atom. The van der Waals surface area contributed by atoms with Gasteiger partial charge in [-0.05, 0) is 31.2 Å². The fourth-order valence-electron chi connectivity index (χ4n) is 3.94. The molecular formula is C24H27N3O3. The molecule has 2 aromatic carbocycles. The van der Waals surface area contributed by atoms with E-state index in [0.29, 0.717) is 37.6 Å². The molecule has 1 amide bonds. The van der Waals surface area contributed by atoms with E-state index in [-0.39, 0.29) is 11.8 Å². The number of likely N-dealkylation sites (tertiary alicyclic amines) is 1. The molecule has 1 aliphatic heterocycles. The third-order valence-electron chi connectivity index (χ3n) is 5.81. The number of hydrogen-bond donors (Lipinski definition) is 1. The van der Waals surface area contributed by atoms with Gasteiger partial charge in [-0.15, -0.1) is 0 Å². The van der Waals surface area contributed by atoms with Gasteiger partial charge in [-0.25, -0.2) is 0 Å². The van der Waals surface area contributed by atoms with Crippen molar-refractivity contribution in [3.8, 4) is 11.4 Å². The van der Waals surface area contributed by atoms with Crippen LogP contribution in [0.5, 0.6) is 0 Å². The molecule has 1 fully saturated rings. The minimum Gasteiger partial charge on any atom is -0.388 e. The van der Waals surface area contributed by atoms with E-state index in [1.165, 1.54) is 5.56 Å². The van der Waals surface area contributed by atoms with Gasteiger partial charge in [0.25, 0.3) is 0 Å². The van der Waals surface area contributed by atoms with Crippen molar-refractivity contribution >= 4 is 5.91 Å². The molecule has 0 unspecified atom stereocenters. The van der Waals surface area contributed by atoms with Crippen molar-refractivity contribution in [2.24, 2.45) is 5.92 Å². The number of aliphatic hydroxyl groups is 1. The fourth-order valence-corrected chi connectivity index (χ4v) is 3.94. The van der Waals surface area contributed by atoms with Crippen molar-refractivity contribution in [2.45, 2.75) is 38.7 Å². The minimum absolute atomic E-state index is 0.0951. The number of carbonyl (C=O) groups is 1. The Morgan fingerprint density at radius 3 is 2.53 bits per heavy atom. The van der Waals surface area contributed by atoms with Crippen LogP contribution >= 0.6 is 0 Å². The van der Waals surface area contributed by atoms with E-state index in [1.807, 2.05) is 66.4 Å². The summed E-state index contributed by atoms with van der Waals surface area (Å²) < 4.78 is 5.32. The van der Waals surface area contributed by atoms with Gasteiger partial charge in [0.1, 0.15) is 0 Å². The number of nitrogens with zero attached hydrogens (tertiary/aromatic N) is 3. The Hall–Kier alpha value is -2.99. The molecule has 4 rings (SSSR count). The molecule has 6 nitrogen and oxygen atoms in total. The third-order valence-corrected chi connectivity index (χ3v) is 5.81. The Labute approximate surface area is 176 Å². The van der Waals surface area contributed by atoms with Crippen molar-refractivity contribution in [3.05, 3.63) is 71.6 Å². The van der Waals surface area contributed by atoms with Gasteiger partial charge >= 0.3 is 0 Å². The zero-order chi connectivity index (χ0) is 20.9. The third kappa shape index (κ3) is 4.76. The van der Waals surface area contributed by atoms with E-state index >= 15 is 0 Å². The van der Waals surface area contributed by atoms with Crippen LogP contribution in [0.3, 0.4) is 0 Å². The maximum Gasteiger partial charge on any atom is 0.227 e. The summed E-state index contributed by atoms with van der Waals surface area (Å²) in [7, 11) is 0. The lowest BCUT2D eigenvalue weighted by molar-refractivity contribution is -0.133. The first kappa shape index (κ1) is 20.3. The quantitative estimate of drug-likeness (QED) is 0.672. The highest BCUT2D eigenvalue weighted by molar-refractivity contribution is 5.76. The zero-order valence-corrected chi connectivity index (χ0v) is 17.2. The van der Waals surface area contributed by atoms with E-state index in [1.54, 1.807) is 0 Å². The summed E-state index contributed by atoms with van der Waals surface area (Å²) in [5.41, 5.74) is 3.03. The lowest BCUT2D eigenvalue weighted by Gasteiger charge is -2.34. The summed E-state index contributed by atoms with van der Waals surface area (Å²) in [5, 5.41) is 14.6. The molecule has 1 saturated heterocycles. The van der Waals surface area contributed by atoms with Gasteiger partial charge in [-0.2, -0.15) is 4.98 Å². The van der Waals surface area contributed by atoms with E-state index in [9.17, 15) is 9.90 Å². The van der Waals surface area contributed by atoms with Crippen molar-refractivity contribution in [1.82, 2.24) is 15.0 Å². The average molecular weight is 405 g/mol. The molecule has 1 aliphatic rings. The summed E-state index contributed by atoms with van der Waals surface area (Å²) in [6.45, 7) is 3.37. The summed E-state index contributed by atoms with van der Waals surface area (Å²) in [5.74, 6) is 1.31. The Kier molecular flexibility index (Phi) is 6.23. The van der Waals surface area contributed by atoms with Crippen LogP contribution in [-0.2, 0) is 11.2 Å². The maximum atomic E-state index is 12.6. The second-order valence-corrected chi connectivity index (χ2v) is 7.95. The van der Waals surface area contributed by atoms with Crippen molar-refractivity contribution in [3.63, 3.8) is 0 Å². The van der Waals surface area contributed by atoms with Crippen molar-refractivity contribution in [1.29, 1.82) is 0 Å². The zero-order valence-electron chi connectivity index (χ0n) is 17.2. The van der Waals surface area contributed by atoms with Gasteiger partial charge in [0.05, 0.1) is 6.10 Å². The lowest BCUT2D eigenvalue weighted by atomic mass is 9.87. The summed E-state index contributed by atoms with van der Waals surface area (Å²) in [4.78, 5) is 18.9. The number of aryl methyl sites for hydroxylation is 2. The molecule has 1 atom stereocenters. The van der Waals surface area contributed by atoms with Crippen LogP contribution in [-0.4, -0.2) is 39.1 Å². The van der Waals surface area contributed by atoms with E-state index < -0.39 is 6.10 Å². The van der Waals surface area contributed by atoms with E-state index in [0.717, 1.165) is 24.0 Å². The molecular weight excluding hydrogens is 378 g/mol. The second kappa shape index (κ2) is 9.22. The number of amides is 1. The number of rotatable bonds is 6. The van der Waals surface area contributed by atoms with E-state index in [2.05, 4.69) is 10.1 Å².